The van der Waals surface area contributed by atoms with Gasteiger partial charge in [-0.3, -0.25) is 0 Å². The molecule has 0 saturated heterocycles. The first kappa shape index (κ1) is 16.3. The smallest absolute Gasteiger partial charge is 0.187 e. The molecule has 1 aliphatic carbocycles. The fraction of sp³-hybridized carbons (Fsp3) is 0.286. The molecule has 128 valence electrons. The number of nitrogens with one attached hydrogen (secondary N) is 1. The van der Waals surface area contributed by atoms with Gasteiger partial charge in [0.1, 0.15) is 5.82 Å². The van der Waals surface area contributed by atoms with E-state index in [0.717, 1.165) is 28.0 Å². The number of thiazole rings is 1. The van der Waals surface area contributed by atoms with Crippen LogP contribution in [0, 0.1) is 5.82 Å². The number of hydrogen-bond donors (Lipinski definition) is 1. The zero-order valence-corrected chi connectivity index (χ0v) is 14.9. The van der Waals surface area contributed by atoms with Crippen LogP contribution >= 0.6 is 11.3 Å². The summed E-state index contributed by atoms with van der Waals surface area (Å²) in [6.45, 7) is 0. The summed E-state index contributed by atoms with van der Waals surface area (Å²) in [5.74, 6) is 0.498. The zero-order valence-electron chi connectivity index (χ0n) is 14.0. The molecule has 0 radical (unpaired) electrons. The average molecular weight is 352 g/mol. The molecule has 1 saturated carbocycles. The van der Waals surface area contributed by atoms with Crippen LogP contribution in [-0.2, 0) is 0 Å². The summed E-state index contributed by atoms with van der Waals surface area (Å²) in [4.78, 5) is 4.65. The Bertz CT molecular complexity index is 818. The van der Waals surface area contributed by atoms with Gasteiger partial charge >= 0.3 is 0 Å². The monoisotopic (exact) mass is 352 g/mol. The normalized spacial score (nSPS) is 15.2. The molecule has 2 nitrogen and oxygen atoms in total. The number of rotatable bonds is 4. The number of hydrogen-bond acceptors (Lipinski definition) is 3. The molecule has 3 aromatic rings. The molecule has 2 aromatic carbocycles. The number of anilines is 2. The summed E-state index contributed by atoms with van der Waals surface area (Å²) >= 11 is 1.56. The fourth-order valence-corrected chi connectivity index (χ4v) is 4.22. The van der Waals surface area contributed by atoms with Crippen molar-refractivity contribution in [3.63, 3.8) is 0 Å². The largest absolute Gasteiger partial charge is 0.332 e. The van der Waals surface area contributed by atoms with Crippen LogP contribution in [0.1, 0.15) is 43.6 Å². The summed E-state index contributed by atoms with van der Waals surface area (Å²) in [5, 5.41) is 6.10. The maximum Gasteiger partial charge on any atom is 0.187 e. The molecule has 1 aromatic heterocycles. The van der Waals surface area contributed by atoms with Gasteiger partial charge in [-0.1, -0.05) is 43.5 Å². The van der Waals surface area contributed by atoms with Crippen LogP contribution in [-0.4, -0.2) is 4.98 Å². The third-order valence-corrected chi connectivity index (χ3v) is 5.64. The van der Waals surface area contributed by atoms with Gasteiger partial charge in [0.05, 0.1) is 5.69 Å². The van der Waals surface area contributed by atoms with Crippen molar-refractivity contribution < 1.29 is 4.39 Å². The van der Waals surface area contributed by atoms with Crippen molar-refractivity contribution in [3.8, 4) is 11.3 Å². The second kappa shape index (κ2) is 7.36. The molecule has 0 atom stereocenters. The Balaban J connectivity index is 1.46. The van der Waals surface area contributed by atoms with Gasteiger partial charge in [-0.05, 0) is 48.6 Å². The van der Waals surface area contributed by atoms with Gasteiger partial charge in [0.25, 0.3) is 0 Å². The first-order chi connectivity index (χ1) is 12.3. The molecular weight excluding hydrogens is 331 g/mol. The van der Waals surface area contributed by atoms with Gasteiger partial charge in [-0.25, -0.2) is 9.37 Å². The molecule has 1 aliphatic rings. The van der Waals surface area contributed by atoms with Crippen LogP contribution in [0.25, 0.3) is 11.3 Å². The van der Waals surface area contributed by atoms with E-state index in [1.165, 1.54) is 49.8 Å². The maximum absolute atomic E-state index is 13.0. The lowest BCUT2D eigenvalue weighted by atomic mass is 9.84. The van der Waals surface area contributed by atoms with Gasteiger partial charge in [0.15, 0.2) is 5.13 Å². The second-order valence-electron chi connectivity index (χ2n) is 6.63. The lowest BCUT2D eigenvalue weighted by Crippen LogP contribution is -2.04. The van der Waals surface area contributed by atoms with Crippen molar-refractivity contribution in [1.29, 1.82) is 0 Å². The van der Waals surface area contributed by atoms with E-state index in [-0.39, 0.29) is 5.82 Å². The van der Waals surface area contributed by atoms with Crippen molar-refractivity contribution in [2.45, 2.75) is 38.0 Å². The minimum absolute atomic E-state index is 0.233. The molecule has 0 unspecified atom stereocenters. The number of benzene rings is 2. The zero-order chi connectivity index (χ0) is 17.1. The van der Waals surface area contributed by atoms with E-state index in [0.29, 0.717) is 0 Å². The summed E-state index contributed by atoms with van der Waals surface area (Å²) in [7, 11) is 0. The molecule has 1 fully saturated rings. The minimum Gasteiger partial charge on any atom is -0.332 e. The number of halogens is 1. The Kier molecular flexibility index (Phi) is 4.79. The first-order valence-corrected chi connectivity index (χ1v) is 9.74. The Hall–Kier alpha value is -2.20. The van der Waals surface area contributed by atoms with E-state index >= 15 is 0 Å². The lowest BCUT2D eigenvalue weighted by Gasteiger charge is -2.22. The van der Waals surface area contributed by atoms with Gasteiger partial charge in [-0.2, -0.15) is 0 Å². The molecular formula is C21H21FN2S. The van der Waals surface area contributed by atoms with Gasteiger partial charge < -0.3 is 5.32 Å². The molecule has 0 bridgehead atoms. The number of nitrogens with zero attached hydrogens (tertiary/aromatic N) is 1. The molecule has 0 spiro atoms. The third kappa shape index (κ3) is 3.90. The highest BCUT2D eigenvalue weighted by Gasteiger charge is 2.15. The third-order valence-electron chi connectivity index (χ3n) is 4.88. The quantitative estimate of drug-likeness (QED) is 0.562. The predicted molar refractivity (Wildman–Crippen MR) is 103 cm³/mol. The minimum atomic E-state index is -0.233. The van der Waals surface area contributed by atoms with Crippen LogP contribution in [0.4, 0.5) is 15.2 Å². The van der Waals surface area contributed by atoms with Crippen LogP contribution in [0.3, 0.4) is 0 Å². The van der Waals surface area contributed by atoms with Crippen LogP contribution in [0.15, 0.2) is 53.9 Å². The number of aromatic nitrogens is 1. The molecule has 25 heavy (non-hydrogen) atoms. The Morgan fingerprint density at radius 3 is 2.36 bits per heavy atom. The van der Waals surface area contributed by atoms with E-state index < -0.39 is 0 Å². The molecule has 4 heteroatoms. The van der Waals surface area contributed by atoms with Crippen LogP contribution in [0.5, 0.6) is 0 Å². The van der Waals surface area contributed by atoms with Crippen molar-refractivity contribution in [2.24, 2.45) is 0 Å². The van der Waals surface area contributed by atoms with E-state index in [4.69, 9.17) is 0 Å². The van der Waals surface area contributed by atoms with Crippen LogP contribution in [0.2, 0.25) is 0 Å². The standard InChI is InChI=1S/C21H21FN2S/c22-18-10-12-19(13-11-18)23-21-24-20(14-25-21)17-8-6-16(7-9-17)15-4-2-1-3-5-15/h6-15H,1-5H2,(H,23,24). The van der Waals surface area contributed by atoms with E-state index in [9.17, 15) is 4.39 Å². The van der Waals surface area contributed by atoms with E-state index in [1.54, 1.807) is 23.5 Å². The average Bonchev–Trinajstić information content (AvgIpc) is 3.13. The van der Waals surface area contributed by atoms with Crippen LogP contribution < -0.4 is 5.32 Å². The van der Waals surface area contributed by atoms with Gasteiger partial charge in [0.2, 0.25) is 0 Å². The SMILES string of the molecule is Fc1ccc(Nc2nc(-c3ccc(C4CCCCC4)cc3)cs2)cc1. The maximum atomic E-state index is 13.0. The topological polar surface area (TPSA) is 24.9 Å². The highest BCUT2D eigenvalue weighted by Crippen LogP contribution is 2.34. The Morgan fingerprint density at radius 1 is 0.920 bits per heavy atom. The summed E-state index contributed by atoms with van der Waals surface area (Å²) < 4.78 is 13.0. The van der Waals surface area contributed by atoms with E-state index in [2.05, 4.69) is 39.9 Å². The summed E-state index contributed by atoms with van der Waals surface area (Å²) in [6, 6.07) is 15.2. The van der Waals surface area contributed by atoms with Crippen molar-refractivity contribution in [1.82, 2.24) is 4.98 Å². The highest BCUT2D eigenvalue weighted by atomic mass is 32.1. The second-order valence-corrected chi connectivity index (χ2v) is 7.48. The predicted octanol–water partition coefficient (Wildman–Crippen LogP) is 6.74. The molecule has 1 heterocycles. The molecule has 0 aliphatic heterocycles. The van der Waals surface area contributed by atoms with Gasteiger partial charge in [0, 0.05) is 16.6 Å². The van der Waals surface area contributed by atoms with Crippen molar-refractivity contribution in [2.75, 3.05) is 5.32 Å². The lowest BCUT2D eigenvalue weighted by molar-refractivity contribution is 0.443. The molecule has 4 rings (SSSR count). The van der Waals surface area contributed by atoms with Crippen molar-refractivity contribution >= 4 is 22.2 Å². The van der Waals surface area contributed by atoms with Gasteiger partial charge in [-0.15, -0.1) is 11.3 Å². The molecule has 0 amide bonds. The Labute approximate surface area is 151 Å². The summed E-state index contributed by atoms with van der Waals surface area (Å²) in [6.07, 6.45) is 6.74. The Morgan fingerprint density at radius 2 is 1.64 bits per heavy atom. The first-order valence-electron chi connectivity index (χ1n) is 8.86. The summed E-state index contributed by atoms with van der Waals surface area (Å²) in [5.41, 5.74) is 4.42. The van der Waals surface area contributed by atoms with E-state index in [1.807, 2.05) is 0 Å². The fourth-order valence-electron chi connectivity index (χ4n) is 3.48. The molecule has 1 N–H and O–H groups in total. The highest BCUT2D eigenvalue weighted by molar-refractivity contribution is 7.14. The van der Waals surface area contributed by atoms with Crippen molar-refractivity contribution in [3.05, 3.63) is 65.3 Å².